The maximum atomic E-state index is 12.5. The minimum Gasteiger partial charge on any atom is -0.464 e. The van der Waals surface area contributed by atoms with Gasteiger partial charge < -0.3 is 9.73 Å². The normalized spacial score (nSPS) is 18.2. The molecule has 0 radical (unpaired) electrons. The van der Waals surface area contributed by atoms with Crippen LogP contribution in [0.5, 0.6) is 0 Å². The molecule has 6 heteroatoms. The third kappa shape index (κ3) is 2.73. The first-order chi connectivity index (χ1) is 10.1. The Bertz CT molecular complexity index is 797. The summed E-state index contributed by atoms with van der Waals surface area (Å²) in [5.74, 6) is -0.146. The van der Waals surface area contributed by atoms with Crippen LogP contribution < -0.4 is 10.7 Å². The Kier molecular flexibility index (Phi) is 3.82. The molecule has 1 unspecified atom stereocenters. The van der Waals surface area contributed by atoms with Crippen LogP contribution in [0, 0.1) is 0 Å². The molecule has 0 bridgehead atoms. The van der Waals surface area contributed by atoms with E-state index in [-0.39, 0.29) is 16.6 Å². The minimum absolute atomic E-state index is 0.0715. The van der Waals surface area contributed by atoms with E-state index in [9.17, 15) is 9.59 Å². The number of thiocarbonyl (C=S) groups is 1. The molecular weight excluding hydrogens is 306 g/mol. The highest BCUT2D eigenvalue weighted by Gasteiger charge is 2.30. The monoisotopic (exact) mass is 319 g/mol. The number of aryl methyl sites for hydroxylation is 1. The molecule has 0 spiro atoms. The van der Waals surface area contributed by atoms with Gasteiger partial charge in [-0.3, -0.25) is 9.59 Å². The van der Waals surface area contributed by atoms with Gasteiger partial charge in [0.25, 0.3) is 0 Å². The lowest BCUT2D eigenvalue weighted by Crippen LogP contribution is -2.26. The Morgan fingerprint density at radius 3 is 2.86 bits per heavy atom. The number of carbonyl (C=O) groups is 1. The molecule has 108 valence electrons. The average Bonchev–Trinajstić information content (AvgIpc) is 2.79. The van der Waals surface area contributed by atoms with Crippen LogP contribution in [0.15, 0.2) is 33.7 Å². The second kappa shape index (κ2) is 5.61. The molecule has 1 aromatic carbocycles. The van der Waals surface area contributed by atoms with Gasteiger partial charge in [0, 0.05) is 12.0 Å². The highest BCUT2D eigenvalue weighted by atomic mass is 32.2. The van der Waals surface area contributed by atoms with Crippen molar-refractivity contribution in [1.82, 2.24) is 5.32 Å². The van der Waals surface area contributed by atoms with E-state index < -0.39 is 0 Å². The van der Waals surface area contributed by atoms with Gasteiger partial charge >= 0.3 is 0 Å². The van der Waals surface area contributed by atoms with E-state index in [4.69, 9.17) is 16.6 Å². The van der Waals surface area contributed by atoms with E-state index in [0.717, 1.165) is 12.0 Å². The van der Waals surface area contributed by atoms with Crippen molar-refractivity contribution in [1.29, 1.82) is 0 Å². The average molecular weight is 319 g/mol. The summed E-state index contributed by atoms with van der Waals surface area (Å²) in [5, 5.41) is 2.80. The van der Waals surface area contributed by atoms with Gasteiger partial charge in [0.15, 0.2) is 5.43 Å². The van der Waals surface area contributed by atoms with E-state index in [1.165, 1.54) is 18.0 Å². The van der Waals surface area contributed by atoms with Crippen molar-refractivity contribution in [3.05, 3.63) is 45.8 Å². The van der Waals surface area contributed by atoms with E-state index in [1.54, 1.807) is 0 Å². The molecule has 2 aromatic rings. The summed E-state index contributed by atoms with van der Waals surface area (Å²) in [6.07, 6.45) is 2.63. The van der Waals surface area contributed by atoms with Gasteiger partial charge in [-0.15, -0.1) is 0 Å². The fourth-order valence-corrected chi connectivity index (χ4v) is 3.60. The smallest absolute Gasteiger partial charge is 0.239 e. The van der Waals surface area contributed by atoms with Gasteiger partial charge in [0.05, 0.1) is 16.9 Å². The molecule has 1 atom stereocenters. The van der Waals surface area contributed by atoms with E-state index in [0.29, 0.717) is 27.3 Å². The molecule has 0 saturated carbocycles. The lowest BCUT2D eigenvalue weighted by atomic mass is 10.1. The van der Waals surface area contributed by atoms with Gasteiger partial charge in [-0.25, -0.2) is 0 Å². The molecule has 21 heavy (non-hydrogen) atoms. The van der Waals surface area contributed by atoms with Gasteiger partial charge in [-0.1, -0.05) is 37.0 Å². The van der Waals surface area contributed by atoms with Crippen LogP contribution in [0.3, 0.4) is 0 Å². The van der Waals surface area contributed by atoms with Gasteiger partial charge in [-0.05, 0) is 24.1 Å². The Labute approximate surface area is 130 Å². The molecule has 1 aromatic heterocycles. The zero-order valence-corrected chi connectivity index (χ0v) is 13.0. The van der Waals surface area contributed by atoms with Crippen molar-refractivity contribution >= 4 is 45.2 Å². The number of rotatable bonds is 3. The molecule has 4 nitrogen and oxygen atoms in total. The van der Waals surface area contributed by atoms with Crippen LogP contribution in [-0.4, -0.2) is 15.5 Å². The first kappa shape index (κ1) is 14.3. The number of nitrogens with one attached hydrogen (secondary N) is 1. The standard InChI is InChI=1S/C15H13NO3S2/c1-2-8-3-4-11-10(5-8)13(17)9(7-19-11)6-12-14(18)16-15(20)21-12/h3-5,7,12H,2,6H2,1H3,(H,16,18,20). The molecule has 1 amide bonds. The van der Waals surface area contributed by atoms with Crippen LogP contribution in [0.4, 0.5) is 0 Å². The number of benzene rings is 1. The maximum Gasteiger partial charge on any atom is 0.239 e. The first-order valence-corrected chi connectivity index (χ1v) is 7.92. The maximum absolute atomic E-state index is 12.5. The Hall–Kier alpha value is -1.66. The summed E-state index contributed by atoms with van der Waals surface area (Å²) >= 11 is 6.24. The second-order valence-corrected chi connectivity index (χ2v) is 6.74. The number of fused-ring (bicyclic) bond motifs is 1. The van der Waals surface area contributed by atoms with E-state index in [1.807, 2.05) is 25.1 Å². The van der Waals surface area contributed by atoms with Crippen molar-refractivity contribution in [2.75, 3.05) is 0 Å². The fourth-order valence-electron chi connectivity index (χ4n) is 2.31. The van der Waals surface area contributed by atoms with Gasteiger partial charge in [0.1, 0.15) is 9.90 Å². The van der Waals surface area contributed by atoms with Crippen LogP contribution in [0.2, 0.25) is 0 Å². The second-order valence-electron chi connectivity index (χ2n) is 4.86. The number of amides is 1. The van der Waals surface area contributed by atoms with Crippen molar-refractivity contribution in [2.24, 2.45) is 0 Å². The fraction of sp³-hybridized carbons (Fsp3) is 0.267. The predicted octanol–water partition coefficient (Wildman–Crippen LogP) is 2.41. The highest BCUT2D eigenvalue weighted by Crippen LogP contribution is 2.23. The molecule has 1 saturated heterocycles. The Balaban J connectivity index is 2.00. The Morgan fingerprint density at radius 2 is 2.19 bits per heavy atom. The molecule has 1 aliphatic heterocycles. The third-order valence-electron chi connectivity index (χ3n) is 3.49. The SMILES string of the molecule is CCc1ccc2occ(CC3SC(=S)NC3=O)c(=O)c2c1. The topological polar surface area (TPSA) is 59.3 Å². The summed E-state index contributed by atoms with van der Waals surface area (Å²) in [4.78, 5) is 24.3. The molecule has 3 rings (SSSR count). The van der Waals surface area contributed by atoms with Crippen molar-refractivity contribution in [3.63, 3.8) is 0 Å². The summed E-state index contributed by atoms with van der Waals surface area (Å²) in [5.41, 5.74) is 2.09. The zero-order valence-electron chi connectivity index (χ0n) is 11.3. The molecule has 1 aliphatic rings. The van der Waals surface area contributed by atoms with Crippen molar-refractivity contribution < 1.29 is 9.21 Å². The largest absolute Gasteiger partial charge is 0.464 e. The van der Waals surface area contributed by atoms with Crippen molar-refractivity contribution in [3.8, 4) is 0 Å². The quantitative estimate of drug-likeness (QED) is 0.881. The van der Waals surface area contributed by atoms with Crippen LogP contribution in [0.25, 0.3) is 11.0 Å². The first-order valence-electron chi connectivity index (χ1n) is 6.63. The molecule has 0 aliphatic carbocycles. The summed E-state index contributed by atoms with van der Waals surface area (Å²) in [7, 11) is 0. The van der Waals surface area contributed by atoms with Gasteiger partial charge in [-0.2, -0.15) is 0 Å². The van der Waals surface area contributed by atoms with E-state index in [2.05, 4.69) is 5.32 Å². The van der Waals surface area contributed by atoms with Gasteiger partial charge in [0.2, 0.25) is 5.91 Å². The molecule has 1 N–H and O–H groups in total. The molecular formula is C15H13NO3S2. The van der Waals surface area contributed by atoms with Crippen LogP contribution >= 0.6 is 24.0 Å². The van der Waals surface area contributed by atoms with E-state index >= 15 is 0 Å². The van der Waals surface area contributed by atoms with Crippen molar-refractivity contribution in [2.45, 2.75) is 25.0 Å². The number of thioether (sulfide) groups is 1. The highest BCUT2D eigenvalue weighted by molar-refractivity contribution is 8.24. The summed E-state index contributed by atoms with van der Waals surface area (Å²) in [6, 6.07) is 5.62. The zero-order chi connectivity index (χ0) is 15.0. The van der Waals surface area contributed by atoms with Crippen LogP contribution in [0.1, 0.15) is 18.1 Å². The molecule has 2 heterocycles. The number of hydrogen-bond donors (Lipinski definition) is 1. The Morgan fingerprint density at radius 1 is 1.38 bits per heavy atom. The molecule has 1 fully saturated rings. The lowest BCUT2D eigenvalue weighted by molar-refractivity contribution is -0.118. The predicted molar refractivity (Wildman–Crippen MR) is 87.7 cm³/mol. The summed E-state index contributed by atoms with van der Waals surface area (Å²) in [6.45, 7) is 2.03. The minimum atomic E-state index is -0.354. The summed E-state index contributed by atoms with van der Waals surface area (Å²) < 4.78 is 5.98. The third-order valence-corrected chi connectivity index (χ3v) is 4.86. The number of carbonyl (C=O) groups excluding carboxylic acids is 1. The lowest BCUT2D eigenvalue weighted by Gasteiger charge is -2.06. The number of hydrogen-bond acceptors (Lipinski definition) is 5. The van der Waals surface area contributed by atoms with Crippen LogP contribution in [-0.2, 0) is 17.6 Å².